The van der Waals surface area contributed by atoms with Gasteiger partial charge in [-0.1, -0.05) is 31.0 Å². The highest BCUT2D eigenvalue weighted by atomic mass is 32.1. The zero-order chi connectivity index (χ0) is 23.5. The Kier molecular flexibility index (Phi) is 6.59. The number of para-hydroxylation sites is 1. The molecule has 0 bridgehead atoms. The van der Waals surface area contributed by atoms with Gasteiger partial charge >= 0.3 is 5.97 Å². The van der Waals surface area contributed by atoms with Gasteiger partial charge in [0.15, 0.2) is 6.61 Å². The number of aromatic nitrogens is 1. The SMILES string of the molecule is N#Cc1c(NC(=O)COC(=O)c2c3c(nc4ccccc24)CCCCC3)sc2c1CCCCC2. The van der Waals surface area contributed by atoms with Crippen LogP contribution < -0.4 is 5.32 Å². The average molecular weight is 474 g/mol. The predicted molar refractivity (Wildman–Crippen MR) is 132 cm³/mol. The quantitative estimate of drug-likeness (QED) is 0.399. The number of aryl methyl sites for hydroxylation is 2. The van der Waals surface area contributed by atoms with Crippen molar-refractivity contribution in [1.82, 2.24) is 4.98 Å². The topological polar surface area (TPSA) is 92.1 Å². The van der Waals surface area contributed by atoms with Crippen molar-refractivity contribution in [2.24, 2.45) is 0 Å². The molecule has 5 rings (SSSR count). The molecular formula is C27H27N3O3S. The summed E-state index contributed by atoms with van der Waals surface area (Å²) < 4.78 is 5.52. The lowest BCUT2D eigenvalue weighted by Gasteiger charge is -2.15. The molecule has 1 N–H and O–H groups in total. The Labute approximate surface area is 203 Å². The Balaban J connectivity index is 1.35. The molecule has 3 aromatic rings. The predicted octanol–water partition coefficient (Wildman–Crippen LogP) is 5.50. The van der Waals surface area contributed by atoms with E-state index in [0.717, 1.165) is 91.9 Å². The number of nitrogens with one attached hydrogen (secondary N) is 1. The number of carbonyl (C=O) groups excluding carboxylic acids is 2. The van der Waals surface area contributed by atoms with E-state index in [1.165, 1.54) is 16.2 Å². The van der Waals surface area contributed by atoms with Crippen molar-refractivity contribution in [3.8, 4) is 6.07 Å². The first-order valence-corrected chi connectivity index (χ1v) is 12.9. The molecule has 1 amide bonds. The standard InChI is InChI=1S/C27H27N3O3S/c28-15-20-17-9-3-2-6-14-23(17)34-26(20)30-24(31)16-33-27(32)25-18-10-4-1-5-12-21(18)29-22-13-8-7-11-19(22)25/h7-8,11,13H,1-6,9-10,12,14,16H2,(H,30,31). The number of nitriles is 1. The van der Waals surface area contributed by atoms with Crippen LogP contribution in [-0.4, -0.2) is 23.5 Å². The normalized spacial score (nSPS) is 15.4. The van der Waals surface area contributed by atoms with E-state index < -0.39 is 18.5 Å². The smallest absolute Gasteiger partial charge is 0.339 e. The van der Waals surface area contributed by atoms with E-state index in [0.29, 0.717) is 16.1 Å². The van der Waals surface area contributed by atoms with Gasteiger partial charge in [0, 0.05) is 16.0 Å². The molecule has 2 aliphatic carbocycles. The number of thiophene rings is 1. The molecule has 0 aliphatic heterocycles. The van der Waals surface area contributed by atoms with Crippen molar-refractivity contribution in [3.05, 3.63) is 57.1 Å². The van der Waals surface area contributed by atoms with E-state index in [1.807, 2.05) is 24.3 Å². The number of hydrogen-bond donors (Lipinski definition) is 1. The van der Waals surface area contributed by atoms with Gasteiger partial charge in [0.2, 0.25) is 0 Å². The van der Waals surface area contributed by atoms with Crippen LogP contribution in [-0.2, 0) is 35.2 Å². The number of nitrogens with zero attached hydrogens (tertiary/aromatic N) is 2. The first kappa shape index (κ1) is 22.5. The molecule has 1 aromatic carbocycles. The summed E-state index contributed by atoms with van der Waals surface area (Å²) in [5.74, 6) is -0.917. The van der Waals surface area contributed by atoms with E-state index in [-0.39, 0.29) is 0 Å². The lowest BCUT2D eigenvalue weighted by atomic mass is 9.97. The van der Waals surface area contributed by atoms with Gasteiger partial charge in [0.05, 0.1) is 16.6 Å². The summed E-state index contributed by atoms with van der Waals surface area (Å²) >= 11 is 1.48. The molecule has 34 heavy (non-hydrogen) atoms. The number of fused-ring (bicyclic) bond motifs is 3. The molecule has 0 saturated heterocycles. The maximum absolute atomic E-state index is 13.2. The van der Waals surface area contributed by atoms with E-state index in [4.69, 9.17) is 9.72 Å². The zero-order valence-electron chi connectivity index (χ0n) is 19.1. The second kappa shape index (κ2) is 9.94. The first-order valence-electron chi connectivity index (χ1n) is 12.1. The largest absolute Gasteiger partial charge is 0.452 e. The second-order valence-electron chi connectivity index (χ2n) is 8.99. The van der Waals surface area contributed by atoms with Crippen LogP contribution in [0.4, 0.5) is 5.00 Å². The van der Waals surface area contributed by atoms with Gasteiger partial charge in [-0.2, -0.15) is 5.26 Å². The minimum Gasteiger partial charge on any atom is -0.452 e. The molecule has 0 saturated carbocycles. The Bertz CT molecular complexity index is 1300. The summed E-state index contributed by atoms with van der Waals surface area (Å²) in [6.45, 7) is -0.391. The third kappa shape index (κ3) is 4.43. The number of amides is 1. The van der Waals surface area contributed by atoms with Crippen LogP contribution in [0, 0.1) is 11.3 Å². The summed E-state index contributed by atoms with van der Waals surface area (Å²) in [7, 11) is 0. The molecule has 2 heterocycles. The average Bonchev–Trinajstić information content (AvgIpc) is 3.02. The van der Waals surface area contributed by atoms with Crippen LogP contribution in [0.5, 0.6) is 0 Å². The molecule has 0 atom stereocenters. The molecule has 2 aliphatic rings. The van der Waals surface area contributed by atoms with Crippen LogP contribution in [0.2, 0.25) is 0 Å². The highest BCUT2D eigenvalue weighted by Gasteiger charge is 2.25. The van der Waals surface area contributed by atoms with Crippen molar-refractivity contribution < 1.29 is 14.3 Å². The van der Waals surface area contributed by atoms with Gasteiger partial charge in [0.1, 0.15) is 11.1 Å². The van der Waals surface area contributed by atoms with Gasteiger partial charge in [-0.15, -0.1) is 11.3 Å². The number of anilines is 1. The van der Waals surface area contributed by atoms with Crippen LogP contribution in [0.3, 0.4) is 0 Å². The summed E-state index contributed by atoms with van der Waals surface area (Å²) in [6.07, 6.45) is 9.96. The fraction of sp³-hybridized carbons (Fsp3) is 0.407. The van der Waals surface area contributed by atoms with Crippen molar-refractivity contribution >= 4 is 39.1 Å². The molecule has 2 aromatic heterocycles. The number of ether oxygens (including phenoxy) is 1. The molecule has 0 unspecified atom stereocenters. The molecule has 0 fully saturated rings. The summed E-state index contributed by atoms with van der Waals surface area (Å²) in [5, 5.41) is 13.8. The fourth-order valence-electron chi connectivity index (χ4n) is 5.10. The van der Waals surface area contributed by atoms with Crippen LogP contribution in [0.25, 0.3) is 10.9 Å². The van der Waals surface area contributed by atoms with Gasteiger partial charge in [-0.05, 0) is 68.6 Å². The van der Waals surface area contributed by atoms with E-state index in [2.05, 4.69) is 11.4 Å². The monoisotopic (exact) mass is 473 g/mol. The third-order valence-corrected chi connectivity index (χ3v) is 7.95. The Morgan fingerprint density at radius 3 is 2.56 bits per heavy atom. The van der Waals surface area contributed by atoms with E-state index in [9.17, 15) is 14.9 Å². The number of esters is 1. The molecule has 0 spiro atoms. The molecule has 7 heteroatoms. The minimum atomic E-state index is -0.491. The van der Waals surface area contributed by atoms with Gasteiger partial charge < -0.3 is 10.1 Å². The molecule has 174 valence electrons. The second-order valence-corrected chi connectivity index (χ2v) is 10.1. The van der Waals surface area contributed by atoms with E-state index >= 15 is 0 Å². The zero-order valence-corrected chi connectivity index (χ0v) is 19.9. The molecule has 0 radical (unpaired) electrons. The Hall–Kier alpha value is -3.24. The molecular weight excluding hydrogens is 446 g/mol. The van der Waals surface area contributed by atoms with Crippen LogP contribution in [0.15, 0.2) is 24.3 Å². The van der Waals surface area contributed by atoms with Crippen molar-refractivity contribution in [2.75, 3.05) is 11.9 Å². The van der Waals surface area contributed by atoms with Gasteiger partial charge in [-0.25, -0.2) is 4.79 Å². The highest BCUT2D eigenvalue weighted by Crippen LogP contribution is 2.37. The Morgan fingerprint density at radius 2 is 1.74 bits per heavy atom. The number of benzene rings is 1. The number of rotatable bonds is 4. The van der Waals surface area contributed by atoms with Crippen molar-refractivity contribution in [2.45, 2.75) is 64.2 Å². The first-order chi connectivity index (χ1) is 16.7. The van der Waals surface area contributed by atoms with E-state index in [1.54, 1.807) is 0 Å². The summed E-state index contributed by atoms with van der Waals surface area (Å²) in [4.78, 5) is 31.9. The van der Waals surface area contributed by atoms with Crippen molar-refractivity contribution in [3.63, 3.8) is 0 Å². The number of pyridine rings is 1. The lowest BCUT2D eigenvalue weighted by Crippen LogP contribution is -2.22. The Morgan fingerprint density at radius 1 is 1.00 bits per heavy atom. The van der Waals surface area contributed by atoms with Crippen molar-refractivity contribution in [1.29, 1.82) is 5.26 Å². The number of hydrogen-bond acceptors (Lipinski definition) is 6. The van der Waals surface area contributed by atoms with Gasteiger partial charge in [-0.3, -0.25) is 9.78 Å². The van der Waals surface area contributed by atoms with Crippen LogP contribution in [0.1, 0.15) is 76.1 Å². The summed E-state index contributed by atoms with van der Waals surface area (Å²) in [5.41, 5.74) is 4.87. The highest BCUT2D eigenvalue weighted by molar-refractivity contribution is 7.16. The minimum absolute atomic E-state index is 0.391. The summed E-state index contributed by atoms with van der Waals surface area (Å²) in [6, 6.07) is 9.87. The third-order valence-electron chi connectivity index (χ3n) is 6.74. The fourth-order valence-corrected chi connectivity index (χ4v) is 6.35. The maximum Gasteiger partial charge on any atom is 0.339 e. The molecule has 6 nitrogen and oxygen atoms in total. The maximum atomic E-state index is 13.2. The number of carbonyl (C=O) groups is 2. The lowest BCUT2D eigenvalue weighted by molar-refractivity contribution is -0.119. The van der Waals surface area contributed by atoms with Crippen LogP contribution >= 0.6 is 11.3 Å². The van der Waals surface area contributed by atoms with Gasteiger partial charge in [0.25, 0.3) is 5.91 Å².